The topological polar surface area (TPSA) is 88.1 Å². The van der Waals surface area contributed by atoms with E-state index >= 15 is 0 Å². The number of ether oxygens (including phenoxy) is 2. The zero-order valence-electron chi connectivity index (χ0n) is 19.6. The minimum atomic E-state index is -3.28. The SMILES string of the molecule is COC(=O)[C@@H](NC(=O)c1ccc(C#Cc2ccc(CN3CCOCC3)cc2)cc1)[C@](C)(O)C(F)F. The van der Waals surface area contributed by atoms with Gasteiger partial charge in [0.25, 0.3) is 12.3 Å². The molecule has 7 nitrogen and oxygen atoms in total. The fourth-order valence-electron chi connectivity index (χ4n) is 3.46. The third-order valence-corrected chi connectivity index (χ3v) is 5.70. The van der Waals surface area contributed by atoms with Gasteiger partial charge in [-0.1, -0.05) is 24.0 Å². The highest BCUT2D eigenvalue weighted by Crippen LogP contribution is 2.21. The van der Waals surface area contributed by atoms with Gasteiger partial charge in [-0.15, -0.1) is 0 Å². The van der Waals surface area contributed by atoms with Crippen LogP contribution >= 0.6 is 0 Å². The van der Waals surface area contributed by atoms with Crippen molar-refractivity contribution in [3.63, 3.8) is 0 Å². The largest absolute Gasteiger partial charge is 0.467 e. The van der Waals surface area contributed by atoms with Gasteiger partial charge in [-0.3, -0.25) is 9.69 Å². The van der Waals surface area contributed by atoms with Crippen molar-refractivity contribution >= 4 is 11.9 Å². The number of nitrogens with zero attached hydrogens (tertiary/aromatic N) is 1. The molecule has 0 bridgehead atoms. The number of hydrogen-bond acceptors (Lipinski definition) is 6. The van der Waals surface area contributed by atoms with Crippen LogP contribution in [0.5, 0.6) is 0 Å². The Kier molecular flexibility index (Phi) is 8.93. The average molecular weight is 487 g/mol. The number of benzene rings is 2. The monoisotopic (exact) mass is 486 g/mol. The number of carbonyl (C=O) groups excluding carboxylic acids is 2. The van der Waals surface area contributed by atoms with Crippen LogP contribution in [0.1, 0.15) is 34.0 Å². The fraction of sp³-hybridized carbons (Fsp3) is 0.385. The Labute approximate surface area is 203 Å². The Morgan fingerprint density at radius 1 is 1.09 bits per heavy atom. The summed E-state index contributed by atoms with van der Waals surface area (Å²) in [5, 5.41) is 12.1. The molecule has 0 aromatic heterocycles. The minimum absolute atomic E-state index is 0.113. The van der Waals surface area contributed by atoms with Crippen molar-refractivity contribution < 1.29 is 33.0 Å². The normalized spacial score (nSPS) is 16.5. The molecule has 0 aliphatic carbocycles. The van der Waals surface area contributed by atoms with Crippen molar-refractivity contribution in [3.8, 4) is 11.8 Å². The smallest absolute Gasteiger partial charge is 0.331 e. The second-order valence-electron chi connectivity index (χ2n) is 8.37. The summed E-state index contributed by atoms with van der Waals surface area (Å²) in [6.45, 7) is 4.98. The number of nitrogens with one attached hydrogen (secondary N) is 1. The molecule has 1 amide bonds. The maximum absolute atomic E-state index is 13.2. The van der Waals surface area contributed by atoms with Crippen LogP contribution in [0.25, 0.3) is 0 Å². The molecule has 1 aliphatic rings. The summed E-state index contributed by atoms with van der Waals surface area (Å²) in [7, 11) is 0.980. The van der Waals surface area contributed by atoms with E-state index < -0.39 is 29.9 Å². The van der Waals surface area contributed by atoms with E-state index in [1.165, 1.54) is 17.7 Å². The average Bonchev–Trinajstić information content (AvgIpc) is 2.87. The molecule has 1 heterocycles. The van der Waals surface area contributed by atoms with Crippen LogP contribution in [0.3, 0.4) is 0 Å². The maximum atomic E-state index is 13.2. The zero-order valence-corrected chi connectivity index (χ0v) is 19.6. The lowest BCUT2D eigenvalue weighted by Gasteiger charge is -2.30. The highest BCUT2D eigenvalue weighted by Gasteiger charge is 2.46. The van der Waals surface area contributed by atoms with Crippen LogP contribution in [0, 0.1) is 11.8 Å². The second kappa shape index (κ2) is 11.9. The molecule has 2 aromatic carbocycles. The summed E-state index contributed by atoms with van der Waals surface area (Å²) in [6, 6.07) is 12.2. The predicted octanol–water partition coefficient (Wildman–Crippen LogP) is 2.21. The number of aliphatic hydroxyl groups is 1. The van der Waals surface area contributed by atoms with E-state index in [0.29, 0.717) is 5.56 Å². The molecule has 9 heteroatoms. The van der Waals surface area contributed by atoms with Gasteiger partial charge in [0, 0.05) is 36.3 Å². The number of methoxy groups -OCH3 is 1. The van der Waals surface area contributed by atoms with E-state index in [-0.39, 0.29) is 5.56 Å². The highest BCUT2D eigenvalue weighted by molar-refractivity contribution is 5.97. The molecular formula is C26H28F2N2O5. The summed E-state index contributed by atoms with van der Waals surface area (Å²) in [5.41, 5.74) is -0.00653. The van der Waals surface area contributed by atoms with Crippen molar-refractivity contribution in [1.29, 1.82) is 0 Å². The van der Waals surface area contributed by atoms with E-state index in [1.807, 2.05) is 24.3 Å². The molecule has 2 aromatic rings. The predicted molar refractivity (Wildman–Crippen MR) is 125 cm³/mol. The maximum Gasteiger partial charge on any atom is 0.331 e. The van der Waals surface area contributed by atoms with Crippen molar-refractivity contribution in [2.45, 2.75) is 31.5 Å². The first kappa shape index (κ1) is 26.3. The van der Waals surface area contributed by atoms with E-state index in [9.17, 15) is 23.5 Å². The second-order valence-corrected chi connectivity index (χ2v) is 8.37. The van der Waals surface area contributed by atoms with Crippen molar-refractivity contribution in [3.05, 3.63) is 70.8 Å². The quantitative estimate of drug-likeness (QED) is 0.461. The molecule has 0 radical (unpaired) electrons. The van der Waals surface area contributed by atoms with Gasteiger partial charge in [-0.05, 0) is 48.9 Å². The first-order valence-corrected chi connectivity index (χ1v) is 11.1. The van der Waals surface area contributed by atoms with Crippen molar-refractivity contribution in [1.82, 2.24) is 10.2 Å². The van der Waals surface area contributed by atoms with E-state index in [1.54, 1.807) is 12.1 Å². The molecule has 2 atom stereocenters. The summed E-state index contributed by atoms with van der Waals surface area (Å²) in [4.78, 5) is 26.7. The lowest BCUT2D eigenvalue weighted by atomic mass is 9.96. The number of rotatable bonds is 7. The number of halogens is 2. The van der Waals surface area contributed by atoms with E-state index in [0.717, 1.165) is 52.4 Å². The van der Waals surface area contributed by atoms with Gasteiger partial charge < -0.3 is 19.9 Å². The number of carbonyl (C=O) groups is 2. The van der Waals surface area contributed by atoms with Crippen LogP contribution in [0.2, 0.25) is 0 Å². The van der Waals surface area contributed by atoms with Crippen LogP contribution in [0.4, 0.5) is 8.78 Å². The van der Waals surface area contributed by atoms with Gasteiger partial charge in [0.05, 0.1) is 20.3 Å². The summed E-state index contributed by atoms with van der Waals surface area (Å²) >= 11 is 0. The Bertz CT molecular complexity index is 1070. The standard InChI is InChI=1S/C26H28F2N2O5/c1-26(33,25(27)28)22(24(32)34-2)29-23(31)21-11-9-19(10-12-21)4-3-18-5-7-20(8-6-18)17-30-13-15-35-16-14-30/h5-12,22,25,33H,13-17H2,1-2H3,(H,29,31)/t22-,26+/m1/s1. The Hall–Kier alpha value is -3.32. The van der Waals surface area contributed by atoms with Crippen LogP contribution in [0.15, 0.2) is 48.5 Å². The first-order valence-electron chi connectivity index (χ1n) is 11.1. The van der Waals surface area contributed by atoms with Crippen LogP contribution < -0.4 is 5.32 Å². The Morgan fingerprint density at radius 3 is 2.14 bits per heavy atom. The van der Waals surface area contributed by atoms with Gasteiger partial charge in [0.1, 0.15) is 0 Å². The molecular weight excluding hydrogens is 458 g/mol. The van der Waals surface area contributed by atoms with Crippen LogP contribution in [-0.4, -0.2) is 73.4 Å². The van der Waals surface area contributed by atoms with Gasteiger partial charge in [0.2, 0.25) is 0 Å². The molecule has 35 heavy (non-hydrogen) atoms. The Morgan fingerprint density at radius 2 is 1.63 bits per heavy atom. The zero-order chi connectivity index (χ0) is 25.4. The molecule has 186 valence electrons. The number of hydrogen-bond donors (Lipinski definition) is 2. The van der Waals surface area contributed by atoms with Gasteiger partial charge in [0.15, 0.2) is 11.6 Å². The number of esters is 1. The number of morpholine rings is 1. The van der Waals surface area contributed by atoms with Crippen molar-refractivity contribution in [2.75, 3.05) is 33.4 Å². The van der Waals surface area contributed by atoms with Gasteiger partial charge in [-0.25, -0.2) is 13.6 Å². The minimum Gasteiger partial charge on any atom is -0.467 e. The molecule has 0 spiro atoms. The summed E-state index contributed by atoms with van der Waals surface area (Å²) in [5.74, 6) is 4.09. The molecule has 0 saturated carbocycles. The highest BCUT2D eigenvalue weighted by atomic mass is 19.3. The molecule has 2 N–H and O–H groups in total. The number of amides is 1. The van der Waals surface area contributed by atoms with Crippen LogP contribution in [-0.2, 0) is 20.8 Å². The van der Waals surface area contributed by atoms with E-state index in [4.69, 9.17) is 4.74 Å². The number of alkyl halides is 2. The molecule has 1 aliphatic heterocycles. The molecule has 0 unspecified atom stereocenters. The first-order chi connectivity index (χ1) is 16.7. The van der Waals surface area contributed by atoms with Gasteiger partial charge >= 0.3 is 5.97 Å². The molecule has 3 rings (SSSR count). The van der Waals surface area contributed by atoms with Gasteiger partial charge in [-0.2, -0.15) is 0 Å². The van der Waals surface area contributed by atoms with E-state index in [2.05, 4.69) is 26.8 Å². The summed E-state index contributed by atoms with van der Waals surface area (Å²) in [6.07, 6.45) is -3.28. The fourth-order valence-corrected chi connectivity index (χ4v) is 3.46. The lowest BCUT2D eigenvalue weighted by molar-refractivity contribution is -0.160. The molecule has 1 fully saturated rings. The third kappa shape index (κ3) is 7.09. The Balaban J connectivity index is 1.62. The van der Waals surface area contributed by atoms with Crippen molar-refractivity contribution in [2.24, 2.45) is 0 Å². The molecule has 1 saturated heterocycles. The lowest BCUT2D eigenvalue weighted by Crippen LogP contribution is -2.59. The summed E-state index contributed by atoms with van der Waals surface area (Å²) < 4.78 is 36.2. The third-order valence-electron chi connectivity index (χ3n) is 5.70.